The summed E-state index contributed by atoms with van der Waals surface area (Å²) in [5.41, 5.74) is 5.59. The number of aryl methyl sites for hydroxylation is 2. The lowest BCUT2D eigenvalue weighted by atomic mass is 9.90. The van der Waals surface area contributed by atoms with Crippen LogP contribution in [0, 0.1) is 12.3 Å². The maximum absolute atomic E-state index is 12.4. The first-order valence-electron chi connectivity index (χ1n) is 5.99. The highest BCUT2D eigenvalue weighted by molar-refractivity contribution is 7.89. The fourth-order valence-electron chi connectivity index (χ4n) is 2.13. The third-order valence-corrected chi connectivity index (χ3v) is 5.42. The molecule has 7 heteroatoms. The van der Waals surface area contributed by atoms with Gasteiger partial charge in [0, 0.05) is 26.3 Å². The lowest BCUT2D eigenvalue weighted by molar-refractivity contribution is 0.349. The first kappa shape index (κ1) is 13.5. The van der Waals surface area contributed by atoms with Crippen molar-refractivity contribution in [2.45, 2.75) is 25.3 Å². The Morgan fingerprint density at radius 3 is 2.67 bits per heavy atom. The molecule has 1 saturated heterocycles. The van der Waals surface area contributed by atoms with Crippen molar-refractivity contribution < 1.29 is 8.42 Å². The molecule has 1 fully saturated rings. The molecule has 0 radical (unpaired) electrons. The molecule has 1 aromatic rings. The van der Waals surface area contributed by atoms with Crippen LogP contribution in [-0.2, 0) is 17.1 Å². The predicted molar refractivity (Wildman–Crippen MR) is 68.5 cm³/mol. The highest BCUT2D eigenvalue weighted by atomic mass is 32.2. The van der Waals surface area contributed by atoms with Crippen molar-refractivity contribution in [1.82, 2.24) is 13.9 Å². The van der Waals surface area contributed by atoms with Crippen molar-refractivity contribution in [3.05, 3.63) is 12.0 Å². The van der Waals surface area contributed by atoms with Gasteiger partial charge in [0.05, 0.1) is 0 Å². The minimum atomic E-state index is -3.48. The lowest BCUT2D eigenvalue weighted by Crippen LogP contribution is -2.34. The standard InChI is InChI=1S/C11H20N4O2S/c1-9-13-10(6-14(9)3)18(16,17)15-5-4-11(2,7-12)8-15/h6H,4-5,7-8,12H2,1-3H3. The Kier molecular flexibility index (Phi) is 3.25. The maximum Gasteiger partial charge on any atom is 0.262 e. The fraction of sp³-hybridized carbons (Fsp3) is 0.727. The van der Waals surface area contributed by atoms with Crippen LogP contribution >= 0.6 is 0 Å². The molecule has 0 saturated carbocycles. The number of hydrogen-bond acceptors (Lipinski definition) is 4. The maximum atomic E-state index is 12.4. The Hall–Kier alpha value is -0.920. The Labute approximate surface area is 108 Å². The second-order valence-electron chi connectivity index (χ2n) is 5.34. The van der Waals surface area contributed by atoms with Gasteiger partial charge in [0.15, 0.2) is 5.03 Å². The average molecular weight is 272 g/mol. The second kappa shape index (κ2) is 4.32. The Bertz CT molecular complexity index is 532. The van der Waals surface area contributed by atoms with Crippen LogP contribution in [0.1, 0.15) is 19.2 Å². The van der Waals surface area contributed by atoms with Gasteiger partial charge in [-0.05, 0) is 25.3 Å². The Morgan fingerprint density at radius 2 is 2.22 bits per heavy atom. The predicted octanol–water partition coefficient (Wildman–Crippen LogP) is 0.0879. The van der Waals surface area contributed by atoms with E-state index in [1.807, 2.05) is 6.92 Å². The average Bonchev–Trinajstić information content (AvgIpc) is 2.86. The largest absolute Gasteiger partial charge is 0.337 e. The van der Waals surface area contributed by atoms with E-state index in [2.05, 4.69) is 4.98 Å². The van der Waals surface area contributed by atoms with Crippen LogP contribution in [-0.4, -0.2) is 41.9 Å². The zero-order chi connectivity index (χ0) is 13.6. The molecule has 2 rings (SSSR count). The normalized spacial score (nSPS) is 25.8. The summed E-state index contributed by atoms with van der Waals surface area (Å²) in [5.74, 6) is 0.689. The van der Waals surface area contributed by atoms with E-state index in [9.17, 15) is 8.42 Å². The number of aromatic nitrogens is 2. The van der Waals surface area contributed by atoms with Gasteiger partial charge in [-0.25, -0.2) is 13.4 Å². The summed E-state index contributed by atoms with van der Waals surface area (Å²) in [7, 11) is -1.69. The molecule has 2 heterocycles. The first-order chi connectivity index (χ1) is 8.28. The van der Waals surface area contributed by atoms with E-state index in [0.29, 0.717) is 25.5 Å². The summed E-state index contributed by atoms with van der Waals surface area (Å²) in [5, 5.41) is 0.128. The van der Waals surface area contributed by atoms with E-state index in [0.717, 1.165) is 6.42 Å². The van der Waals surface area contributed by atoms with Crippen LogP contribution in [0.15, 0.2) is 11.2 Å². The van der Waals surface area contributed by atoms with Crippen molar-refractivity contribution in [3.8, 4) is 0 Å². The van der Waals surface area contributed by atoms with Crippen molar-refractivity contribution in [2.24, 2.45) is 18.2 Å². The van der Waals surface area contributed by atoms with Crippen molar-refractivity contribution >= 4 is 10.0 Å². The molecule has 1 aromatic heterocycles. The molecule has 0 bridgehead atoms. The van der Waals surface area contributed by atoms with E-state index in [1.165, 1.54) is 4.31 Å². The molecule has 102 valence electrons. The van der Waals surface area contributed by atoms with Gasteiger partial charge in [-0.2, -0.15) is 4.31 Å². The van der Waals surface area contributed by atoms with Gasteiger partial charge in [0.25, 0.3) is 10.0 Å². The molecular formula is C11H20N4O2S. The topological polar surface area (TPSA) is 81.2 Å². The van der Waals surface area contributed by atoms with Crippen molar-refractivity contribution in [2.75, 3.05) is 19.6 Å². The summed E-state index contributed by atoms with van der Waals surface area (Å²) in [6.07, 6.45) is 2.36. The molecule has 0 amide bonds. The lowest BCUT2D eigenvalue weighted by Gasteiger charge is -2.21. The second-order valence-corrected chi connectivity index (χ2v) is 7.23. The number of sulfonamides is 1. The zero-order valence-electron chi connectivity index (χ0n) is 11.0. The summed E-state index contributed by atoms with van der Waals surface area (Å²) in [6.45, 7) is 5.30. The van der Waals surface area contributed by atoms with Crippen LogP contribution in [0.2, 0.25) is 0 Å². The third-order valence-electron chi connectivity index (χ3n) is 3.71. The van der Waals surface area contributed by atoms with Gasteiger partial charge < -0.3 is 10.3 Å². The van der Waals surface area contributed by atoms with E-state index in [1.54, 1.807) is 24.7 Å². The van der Waals surface area contributed by atoms with Crippen molar-refractivity contribution in [1.29, 1.82) is 0 Å². The molecule has 1 aliphatic heterocycles. The molecule has 0 aliphatic carbocycles. The van der Waals surface area contributed by atoms with Gasteiger partial charge in [-0.1, -0.05) is 6.92 Å². The van der Waals surface area contributed by atoms with Crippen molar-refractivity contribution in [3.63, 3.8) is 0 Å². The van der Waals surface area contributed by atoms with E-state index in [4.69, 9.17) is 5.73 Å². The number of rotatable bonds is 3. The first-order valence-corrected chi connectivity index (χ1v) is 7.43. The molecule has 18 heavy (non-hydrogen) atoms. The molecular weight excluding hydrogens is 252 g/mol. The SMILES string of the molecule is Cc1nc(S(=O)(=O)N2CCC(C)(CN)C2)cn1C. The Morgan fingerprint density at radius 1 is 1.56 bits per heavy atom. The zero-order valence-corrected chi connectivity index (χ0v) is 11.9. The van der Waals surface area contributed by atoms with Gasteiger partial charge >= 0.3 is 0 Å². The number of imidazole rings is 1. The summed E-state index contributed by atoms with van der Waals surface area (Å²) < 4.78 is 28.0. The van der Waals surface area contributed by atoms with Crippen LogP contribution in [0.25, 0.3) is 0 Å². The number of nitrogens with zero attached hydrogens (tertiary/aromatic N) is 3. The van der Waals surface area contributed by atoms with Crippen LogP contribution in [0.4, 0.5) is 0 Å². The summed E-state index contributed by atoms with van der Waals surface area (Å²) in [4.78, 5) is 4.10. The van der Waals surface area contributed by atoms with Crippen LogP contribution in [0.3, 0.4) is 0 Å². The van der Waals surface area contributed by atoms with E-state index < -0.39 is 10.0 Å². The Balaban J connectivity index is 2.28. The molecule has 1 atom stereocenters. The fourth-order valence-corrected chi connectivity index (χ4v) is 3.75. The minimum absolute atomic E-state index is 0.114. The summed E-state index contributed by atoms with van der Waals surface area (Å²) >= 11 is 0. The molecule has 0 aromatic carbocycles. The van der Waals surface area contributed by atoms with Crippen LogP contribution in [0.5, 0.6) is 0 Å². The minimum Gasteiger partial charge on any atom is -0.337 e. The van der Waals surface area contributed by atoms with Gasteiger partial charge in [-0.3, -0.25) is 0 Å². The smallest absolute Gasteiger partial charge is 0.262 e. The molecule has 6 nitrogen and oxygen atoms in total. The van der Waals surface area contributed by atoms with Crippen LogP contribution < -0.4 is 5.73 Å². The molecule has 2 N–H and O–H groups in total. The monoisotopic (exact) mass is 272 g/mol. The highest BCUT2D eigenvalue weighted by Gasteiger charge is 2.39. The highest BCUT2D eigenvalue weighted by Crippen LogP contribution is 2.32. The van der Waals surface area contributed by atoms with Gasteiger partial charge in [-0.15, -0.1) is 0 Å². The molecule has 1 unspecified atom stereocenters. The van der Waals surface area contributed by atoms with Gasteiger partial charge in [0.2, 0.25) is 0 Å². The molecule has 0 spiro atoms. The number of hydrogen-bond donors (Lipinski definition) is 1. The van der Waals surface area contributed by atoms with Gasteiger partial charge in [0.1, 0.15) is 5.82 Å². The third kappa shape index (κ3) is 2.17. The summed E-state index contributed by atoms with van der Waals surface area (Å²) in [6, 6.07) is 0. The molecule has 1 aliphatic rings. The van der Waals surface area contributed by atoms with E-state index in [-0.39, 0.29) is 10.4 Å². The number of nitrogens with two attached hydrogens (primary N) is 1. The quantitative estimate of drug-likeness (QED) is 0.845. The van der Waals surface area contributed by atoms with E-state index >= 15 is 0 Å².